The Morgan fingerprint density at radius 1 is 1.29 bits per heavy atom. The van der Waals surface area contributed by atoms with E-state index in [9.17, 15) is 13.2 Å². The molecule has 0 radical (unpaired) electrons. The lowest BCUT2D eigenvalue weighted by molar-refractivity contribution is -0.137. The van der Waals surface area contributed by atoms with E-state index in [0.29, 0.717) is 16.4 Å². The maximum Gasteiger partial charge on any atom is 0.416 e. The number of aromatic nitrogens is 4. The van der Waals surface area contributed by atoms with Crippen LogP contribution >= 0.6 is 11.3 Å². The average molecular weight is 351 g/mol. The van der Waals surface area contributed by atoms with Crippen molar-refractivity contribution in [1.82, 2.24) is 20.4 Å². The van der Waals surface area contributed by atoms with E-state index in [1.54, 1.807) is 5.38 Å². The van der Waals surface area contributed by atoms with Gasteiger partial charge in [-0.05, 0) is 18.2 Å². The Morgan fingerprint density at radius 3 is 2.88 bits per heavy atom. The van der Waals surface area contributed by atoms with Crippen LogP contribution in [-0.2, 0) is 12.8 Å². The summed E-state index contributed by atoms with van der Waals surface area (Å²) in [6.07, 6.45) is -4.42. The maximum atomic E-state index is 12.7. The number of alkyl halides is 3. The summed E-state index contributed by atoms with van der Waals surface area (Å²) in [7, 11) is 0. The van der Waals surface area contributed by atoms with E-state index in [0.717, 1.165) is 12.1 Å². The molecular formula is C14H8F3N5OS. The van der Waals surface area contributed by atoms with Gasteiger partial charge in [-0.15, -0.1) is 16.4 Å². The normalized spacial score (nSPS) is 11.2. The molecule has 10 heteroatoms. The highest BCUT2D eigenvalue weighted by molar-refractivity contribution is 7.09. The van der Waals surface area contributed by atoms with Crippen molar-refractivity contribution in [2.24, 2.45) is 0 Å². The number of benzene rings is 1. The zero-order valence-electron chi connectivity index (χ0n) is 11.8. The molecule has 0 atom stereocenters. The number of halogens is 3. The number of thiazole rings is 1. The molecule has 0 saturated carbocycles. The molecule has 24 heavy (non-hydrogen) atoms. The van der Waals surface area contributed by atoms with E-state index in [1.807, 2.05) is 6.07 Å². The summed E-state index contributed by atoms with van der Waals surface area (Å²) in [6, 6.07) is 6.51. The summed E-state index contributed by atoms with van der Waals surface area (Å²) < 4.78 is 43.3. The van der Waals surface area contributed by atoms with Crippen LogP contribution in [0.4, 0.5) is 13.2 Å². The van der Waals surface area contributed by atoms with Gasteiger partial charge in [0.2, 0.25) is 0 Å². The zero-order valence-corrected chi connectivity index (χ0v) is 12.6. The molecule has 3 rings (SSSR count). The summed E-state index contributed by atoms with van der Waals surface area (Å²) in [5.41, 5.74) is 0.110. The molecule has 3 aromatic rings. The number of nitrogens with zero attached hydrogens (tertiary/aromatic N) is 4. The van der Waals surface area contributed by atoms with Crippen molar-refractivity contribution in [2.75, 3.05) is 0 Å². The maximum absolute atomic E-state index is 12.7. The lowest BCUT2D eigenvalue weighted by Gasteiger charge is -2.09. The van der Waals surface area contributed by atoms with Crippen LogP contribution in [0.15, 0.2) is 29.6 Å². The first-order chi connectivity index (χ1) is 11.5. The lowest BCUT2D eigenvalue weighted by atomic mass is 10.2. The lowest BCUT2D eigenvalue weighted by Crippen LogP contribution is -2.05. The predicted octanol–water partition coefficient (Wildman–Crippen LogP) is 3.40. The molecule has 1 N–H and O–H groups in total. The van der Waals surface area contributed by atoms with Gasteiger partial charge in [0.15, 0.2) is 5.69 Å². The SMILES string of the molecule is N#Cc1n[nH]nc1-c1csc(COc2cccc(C(F)(F)F)c2)n1. The number of ether oxygens (including phenoxy) is 1. The van der Waals surface area contributed by atoms with Crippen LogP contribution in [0.1, 0.15) is 16.3 Å². The van der Waals surface area contributed by atoms with E-state index in [1.165, 1.54) is 23.5 Å². The van der Waals surface area contributed by atoms with E-state index < -0.39 is 11.7 Å². The molecule has 0 bridgehead atoms. The molecule has 6 nitrogen and oxygen atoms in total. The minimum atomic E-state index is -4.42. The molecule has 2 aromatic heterocycles. The second-order valence-electron chi connectivity index (χ2n) is 4.57. The Labute approximate surface area is 137 Å². The minimum Gasteiger partial charge on any atom is -0.486 e. The highest BCUT2D eigenvalue weighted by Crippen LogP contribution is 2.31. The molecule has 0 aliphatic rings. The monoisotopic (exact) mass is 351 g/mol. The molecule has 0 aliphatic carbocycles. The Hall–Kier alpha value is -2.93. The average Bonchev–Trinajstić information content (AvgIpc) is 3.21. The molecular weight excluding hydrogens is 343 g/mol. The predicted molar refractivity (Wildman–Crippen MR) is 78.0 cm³/mol. The van der Waals surface area contributed by atoms with Gasteiger partial charge in [-0.3, -0.25) is 0 Å². The topological polar surface area (TPSA) is 87.5 Å². The van der Waals surface area contributed by atoms with Crippen LogP contribution in [0.25, 0.3) is 11.4 Å². The van der Waals surface area contributed by atoms with Crippen molar-refractivity contribution in [3.05, 3.63) is 45.9 Å². The number of hydrogen-bond donors (Lipinski definition) is 1. The summed E-state index contributed by atoms with van der Waals surface area (Å²) in [6.45, 7) is 0.00567. The van der Waals surface area contributed by atoms with Crippen LogP contribution in [0.3, 0.4) is 0 Å². The molecule has 0 spiro atoms. The third-order valence-corrected chi connectivity index (χ3v) is 3.79. The number of nitriles is 1. The number of nitrogens with one attached hydrogen (secondary N) is 1. The third kappa shape index (κ3) is 3.36. The van der Waals surface area contributed by atoms with E-state index in [2.05, 4.69) is 20.4 Å². The Balaban J connectivity index is 1.72. The van der Waals surface area contributed by atoms with E-state index >= 15 is 0 Å². The fourth-order valence-electron chi connectivity index (χ4n) is 1.88. The smallest absolute Gasteiger partial charge is 0.416 e. The van der Waals surface area contributed by atoms with Gasteiger partial charge in [0.05, 0.1) is 5.56 Å². The summed E-state index contributed by atoms with van der Waals surface area (Å²) >= 11 is 1.25. The molecule has 2 heterocycles. The Bertz CT molecular complexity index is 896. The Morgan fingerprint density at radius 2 is 2.12 bits per heavy atom. The first-order valence-corrected chi connectivity index (χ1v) is 7.41. The molecule has 122 valence electrons. The number of aromatic amines is 1. The second kappa shape index (κ2) is 6.29. The van der Waals surface area contributed by atoms with Gasteiger partial charge in [-0.25, -0.2) is 4.98 Å². The van der Waals surface area contributed by atoms with Crippen molar-refractivity contribution in [2.45, 2.75) is 12.8 Å². The van der Waals surface area contributed by atoms with Crippen molar-refractivity contribution in [3.8, 4) is 23.2 Å². The van der Waals surface area contributed by atoms with Gasteiger partial charge in [0.1, 0.15) is 34.8 Å². The summed E-state index contributed by atoms with van der Waals surface area (Å²) in [5, 5.41) is 21.0. The number of H-pyrrole nitrogens is 1. The zero-order chi connectivity index (χ0) is 17.2. The van der Waals surface area contributed by atoms with Crippen LogP contribution < -0.4 is 4.74 Å². The fraction of sp³-hybridized carbons (Fsp3) is 0.143. The highest BCUT2D eigenvalue weighted by Gasteiger charge is 2.30. The third-order valence-electron chi connectivity index (χ3n) is 2.97. The molecule has 1 aromatic carbocycles. The largest absolute Gasteiger partial charge is 0.486 e. The first-order valence-electron chi connectivity index (χ1n) is 6.53. The van der Waals surface area contributed by atoms with Gasteiger partial charge >= 0.3 is 6.18 Å². The quantitative estimate of drug-likeness (QED) is 0.778. The molecule has 0 aliphatic heterocycles. The van der Waals surface area contributed by atoms with Crippen molar-refractivity contribution in [3.63, 3.8) is 0 Å². The molecule has 0 saturated heterocycles. The van der Waals surface area contributed by atoms with Crippen LogP contribution in [0, 0.1) is 11.3 Å². The number of rotatable bonds is 4. The van der Waals surface area contributed by atoms with Gasteiger partial charge in [0.25, 0.3) is 0 Å². The van der Waals surface area contributed by atoms with Crippen molar-refractivity contribution < 1.29 is 17.9 Å². The molecule has 0 amide bonds. The molecule has 0 unspecified atom stereocenters. The fourth-order valence-corrected chi connectivity index (χ4v) is 2.57. The van der Waals surface area contributed by atoms with Crippen molar-refractivity contribution in [1.29, 1.82) is 5.26 Å². The van der Waals surface area contributed by atoms with Gasteiger partial charge in [-0.2, -0.15) is 28.7 Å². The number of hydrogen-bond acceptors (Lipinski definition) is 6. The summed E-state index contributed by atoms with van der Waals surface area (Å²) in [5.74, 6) is 0.0979. The van der Waals surface area contributed by atoms with Crippen LogP contribution in [0.5, 0.6) is 5.75 Å². The van der Waals surface area contributed by atoms with Crippen LogP contribution in [0.2, 0.25) is 0 Å². The molecule has 0 fully saturated rings. The van der Waals surface area contributed by atoms with Crippen molar-refractivity contribution >= 4 is 11.3 Å². The van der Waals surface area contributed by atoms with E-state index in [-0.39, 0.29) is 18.1 Å². The summed E-state index contributed by atoms with van der Waals surface area (Å²) in [4.78, 5) is 4.25. The minimum absolute atomic E-state index is 0.00567. The van der Waals surface area contributed by atoms with E-state index in [4.69, 9.17) is 10.00 Å². The van der Waals surface area contributed by atoms with Gasteiger partial charge in [0, 0.05) is 5.38 Å². The Kier molecular flexibility index (Phi) is 4.18. The van der Waals surface area contributed by atoms with Gasteiger partial charge < -0.3 is 4.74 Å². The first kappa shape index (κ1) is 15.9. The standard InChI is InChI=1S/C14H8F3N5OS/c15-14(16,17)8-2-1-3-9(4-8)23-6-12-19-11(7-24-12)13-10(5-18)20-22-21-13/h1-4,7H,6H2,(H,20,21,22). The highest BCUT2D eigenvalue weighted by atomic mass is 32.1. The van der Waals surface area contributed by atoms with Crippen LogP contribution in [-0.4, -0.2) is 20.4 Å². The second-order valence-corrected chi connectivity index (χ2v) is 5.52. The van der Waals surface area contributed by atoms with Gasteiger partial charge in [-0.1, -0.05) is 6.07 Å².